The van der Waals surface area contributed by atoms with Crippen molar-refractivity contribution in [1.82, 2.24) is 0 Å². The maximum atomic E-state index is 13.2. The van der Waals surface area contributed by atoms with Crippen molar-refractivity contribution in [3.05, 3.63) is 81.9 Å². The van der Waals surface area contributed by atoms with E-state index in [1.165, 1.54) is 6.08 Å². The van der Waals surface area contributed by atoms with Gasteiger partial charge in [-0.3, -0.25) is 0 Å². The van der Waals surface area contributed by atoms with E-state index >= 15 is 0 Å². The van der Waals surface area contributed by atoms with Gasteiger partial charge in [-0.15, -0.1) is 0 Å². The second-order valence-electron chi connectivity index (χ2n) is 8.44. The van der Waals surface area contributed by atoms with Crippen molar-refractivity contribution in [3.63, 3.8) is 0 Å². The number of benzene rings is 2. The van der Waals surface area contributed by atoms with Gasteiger partial charge >= 0.3 is 18.3 Å². The predicted molar refractivity (Wildman–Crippen MR) is 114 cm³/mol. The fourth-order valence-electron chi connectivity index (χ4n) is 4.29. The lowest BCUT2D eigenvalue weighted by atomic mass is 9.80. The molecule has 4 nitrogen and oxygen atoms in total. The van der Waals surface area contributed by atoms with Crippen LogP contribution in [0.25, 0.3) is 0 Å². The molecule has 1 aliphatic rings. The van der Waals surface area contributed by atoms with Crippen LogP contribution in [0.15, 0.2) is 54.1 Å². The van der Waals surface area contributed by atoms with Crippen molar-refractivity contribution in [2.75, 3.05) is 6.61 Å². The molecule has 2 aromatic carbocycles. The predicted octanol–water partition coefficient (Wildman–Crippen LogP) is 6.64. The molecule has 2 aromatic rings. The number of halogens is 6. The first kappa shape index (κ1) is 26.7. The highest BCUT2D eigenvalue weighted by atomic mass is 19.4. The average Bonchev–Trinajstić information content (AvgIpc) is 2.78. The normalized spacial score (nSPS) is 17.8. The van der Waals surface area contributed by atoms with Gasteiger partial charge in [0.05, 0.1) is 24.3 Å². The van der Waals surface area contributed by atoms with Gasteiger partial charge in [0.2, 0.25) is 0 Å². The summed E-state index contributed by atoms with van der Waals surface area (Å²) in [5.41, 5.74) is -0.918. The van der Waals surface area contributed by atoms with Crippen molar-refractivity contribution in [1.29, 1.82) is 0 Å². The van der Waals surface area contributed by atoms with E-state index in [1.807, 2.05) is 12.1 Å². The summed E-state index contributed by atoms with van der Waals surface area (Å²) in [5, 5.41) is 18.6. The maximum Gasteiger partial charge on any atom is 0.416 e. The van der Waals surface area contributed by atoms with Crippen LogP contribution in [0, 0.1) is 0 Å². The number of carboxylic acids is 1. The van der Waals surface area contributed by atoms with E-state index in [4.69, 9.17) is 9.84 Å². The molecule has 0 bridgehead atoms. The molecule has 2 N–H and O–H groups in total. The van der Waals surface area contributed by atoms with E-state index in [2.05, 4.69) is 0 Å². The third-order valence-corrected chi connectivity index (χ3v) is 6.04. The number of alkyl halides is 6. The number of ether oxygens (including phenoxy) is 1. The Labute approximate surface area is 197 Å². The molecule has 0 aliphatic heterocycles. The van der Waals surface area contributed by atoms with E-state index in [-0.39, 0.29) is 18.6 Å². The van der Waals surface area contributed by atoms with Crippen molar-refractivity contribution in [3.8, 4) is 0 Å². The molecule has 0 heterocycles. The lowest BCUT2D eigenvalue weighted by Crippen LogP contribution is -2.16. The van der Waals surface area contributed by atoms with Crippen molar-refractivity contribution >= 4 is 5.97 Å². The summed E-state index contributed by atoms with van der Waals surface area (Å²) in [6.45, 7) is -0.944. The van der Waals surface area contributed by atoms with Crippen molar-refractivity contribution in [2.24, 2.45) is 0 Å². The molecule has 190 valence electrons. The number of aliphatic hydroxyl groups is 1. The number of carbonyl (C=O) groups is 1. The molecular formula is C25H24F6O4. The Morgan fingerprint density at radius 2 is 1.57 bits per heavy atom. The number of aliphatic carboxylic acids is 1. The molecule has 0 saturated heterocycles. The molecule has 0 amide bonds. The number of hydrogen-bond acceptors (Lipinski definition) is 3. The fourth-order valence-corrected chi connectivity index (χ4v) is 4.29. The number of aliphatic hydroxyl groups excluding tert-OH is 1. The summed E-state index contributed by atoms with van der Waals surface area (Å²) < 4.78 is 84.8. The van der Waals surface area contributed by atoms with Crippen LogP contribution < -0.4 is 0 Å². The molecule has 1 fully saturated rings. The van der Waals surface area contributed by atoms with E-state index in [0.717, 1.165) is 11.1 Å². The van der Waals surface area contributed by atoms with E-state index < -0.39 is 47.7 Å². The minimum atomic E-state index is -5.00. The summed E-state index contributed by atoms with van der Waals surface area (Å²) in [5.74, 6) is -0.899. The Kier molecular flexibility index (Phi) is 8.27. The maximum absolute atomic E-state index is 13.2. The number of hydrogen-bond donors (Lipinski definition) is 2. The van der Waals surface area contributed by atoms with Crippen molar-refractivity contribution in [2.45, 2.75) is 56.7 Å². The van der Waals surface area contributed by atoms with Crippen LogP contribution in [0.2, 0.25) is 0 Å². The van der Waals surface area contributed by atoms with Crippen LogP contribution in [0.5, 0.6) is 0 Å². The topological polar surface area (TPSA) is 66.8 Å². The molecule has 10 heteroatoms. The number of allylic oxidation sites excluding steroid dienone is 1. The molecule has 0 aromatic heterocycles. The van der Waals surface area contributed by atoms with Gasteiger partial charge in [-0.1, -0.05) is 29.8 Å². The monoisotopic (exact) mass is 502 g/mol. The van der Waals surface area contributed by atoms with Crippen molar-refractivity contribution < 1.29 is 46.1 Å². The highest BCUT2D eigenvalue weighted by molar-refractivity contribution is 5.80. The Morgan fingerprint density at radius 3 is 2.09 bits per heavy atom. The Balaban J connectivity index is 1.81. The fraction of sp³-hybridized carbons (Fsp3) is 0.400. The number of carboxylic acid groups (broad SMARTS) is 1. The smallest absolute Gasteiger partial charge is 0.416 e. The van der Waals surface area contributed by atoms with Crippen LogP contribution in [0.3, 0.4) is 0 Å². The molecule has 3 rings (SSSR count). The van der Waals surface area contributed by atoms with Gasteiger partial charge in [0, 0.05) is 6.08 Å². The first-order chi connectivity index (χ1) is 16.4. The van der Waals surface area contributed by atoms with Gasteiger partial charge in [-0.2, -0.15) is 26.3 Å². The molecule has 1 saturated carbocycles. The van der Waals surface area contributed by atoms with Gasteiger partial charge in [0.15, 0.2) is 0 Å². The van der Waals surface area contributed by atoms with Crippen LogP contribution >= 0.6 is 0 Å². The summed E-state index contributed by atoms with van der Waals surface area (Å²) in [4.78, 5) is 10.9. The van der Waals surface area contributed by atoms with Crippen LogP contribution in [0.1, 0.15) is 65.5 Å². The third kappa shape index (κ3) is 7.08. The van der Waals surface area contributed by atoms with Crippen LogP contribution in [-0.2, 0) is 28.5 Å². The summed E-state index contributed by atoms with van der Waals surface area (Å²) in [6.07, 6.45) is -7.59. The largest absolute Gasteiger partial charge is 0.478 e. The Hall–Kier alpha value is -2.85. The minimum Gasteiger partial charge on any atom is -0.478 e. The lowest BCUT2D eigenvalue weighted by molar-refractivity contribution is -0.143. The van der Waals surface area contributed by atoms with Crippen LogP contribution in [-0.4, -0.2) is 22.8 Å². The minimum absolute atomic E-state index is 0.0311. The van der Waals surface area contributed by atoms with Gasteiger partial charge < -0.3 is 14.9 Å². The summed E-state index contributed by atoms with van der Waals surface area (Å²) in [6, 6.07) is 8.31. The Bertz CT molecular complexity index is 1030. The van der Waals surface area contributed by atoms with Gasteiger partial charge in [-0.05, 0) is 66.5 Å². The molecule has 1 atom stereocenters. The average molecular weight is 502 g/mol. The zero-order valence-electron chi connectivity index (χ0n) is 18.5. The third-order valence-electron chi connectivity index (χ3n) is 6.04. The first-order valence-electron chi connectivity index (χ1n) is 10.9. The summed E-state index contributed by atoms with van der Waals surface area (Å²) in [7, 11) is 0. The first-order valence-corrected chi connectivity index (χ1v) is 10.9. The number of rotatable bonds is 7. The van der Waals surface area contributed by atoms with E-state index in [1.54, 1.807) is 12.1 Å². The molecule has 35 heavy (non-hydrogen) atoms. The van der Waals surface area contributed by atoms with Gasteiger partial charge in [0.25, 0.3) is 0 Å². The summed E-state index contributed by atoms with van der Waals surface area (Å²) >= 11 is 0. The second kappa shape index (κ2) is 10.8. The van der Waals surface area contributed by atoms with Crippen LogP contribution in [0.4, 0.5) is 26.3 Å². The van der Waals surface area contributed by atoms with E-state index in [9.17, 15) is 36.2 Å². The standard InChI is InChI=1S/C25H24F6O4/c26-24(27,28)19-10-18(11-20(12-19)25(29,30)31)22(13-32)35-14-17-3-1-2-4-21(17)16-7-5-15(6-8-16)9-23(33)34/h1-4,9-12,16,22,32H,5-8,13-14H2,(H,33,34). The SMILES string of the molecule is O=C(O)C=C1CCC(c2ccccc2COC(CO)c2cc(C(F)(F)F)cc(C(F)(F)F)c2)CC1. The molecule has 0 spiro atoms. The molecule has 0 radical (unpaired) electrons. The molecule has 1 aliphatic carbocycles. The zero-order valence-corrected chi connectivity index (χ0v) is 18.5. The van der Waals surface area contributed by atoms with E-state index in [0.29, 0.717) is 43.4 Å². The highest BCUT2D eigenvalue weighted by Crippen LogP contribution is 2.39. The highest BCUT2D eigenvalue weighted by Gasteiger charge is 2.37. The zero-order chi connectivity index (χ0) is 25.8. The lowest BCUT2D eigenvalue weighted by Gasteiger charge is -2.27. The van der Waals surface area contributed by atoms with Gasteiger partial charge in [0.1, 0.15) is 6.10 Å². The van der Waals surface area contributed by atoms with Gasteiger partial charge in [-0.25, -0.2) is 4.79 Å². The molecular weight excluding hydrogens is 478 g/mol. The quantitative estimate of drug-likeness (QED) is 0.329. The Morgan fingerprint density at radius 1 is 1.00 bits per heavy atom. The second-order valence-corrected chi connectivity index (χ2v) is 8.44. The molecule has 1 unspecified atom stereocenters.